The summed E-state index contributed by atoms with van der Waals surface area (Å²) in [6, 6.07) is 1.59. The number of nitrogens with one attached hydrogen (secondary N) is 2. The van der Waals surface area contributed by atoms with Gasteiger partial charge in [0.2, 0.25) is 10.0 Å². The van der Waals surface area contributed by atoms with Gasteiger partial charge in [-0.15, -0.1) is 0 Å². The van der Waals surface area contributed by atoms with E-state index < -0.39 is 10.0 Å². The van der Waals surface area contributed by atoms with Crippen molar-refractivity contribution in [3.05, 3.63) is 16.7 Å². The maximum absolute atomic E-state index is 12.5. The SMILES string of the molecule is CNc1ncc(Br)cc1S(=O)(=O)NC1CCC(SC)C1. The fourth-order valence-electron chi connectivity index (χ4n) is 2.36. The van der Waals surface area contributed by atoms with Crippen LogP contribution in [0.2, 0.25) is 0 Å². The van der Waals surface area contributed by atoms with Gasteiger partial charge in [0.25, 0.3) is 0 Å². The standard InChI is InChI=1S/C12H18BrN3O2S2/c1-14-12-11(5-8(13)7-15-12)20(17,18)16-9-3-4-10(6-9)19-2/h5,7,9-10,16H,3-4,6H2,1-2H3,(H,14,15). The second kappa shape index (κ2) is 6.64. The molecule has 112 valence electrons. The van der Waals surface area contributed by atoms with Crippen LogP contribution in [0.5, 0.6) is 0 Å². The summed E-state index contributed by atoms with van der Waals surface area (Å²) in [6.07, 6.45) is 6.48. The Kier molecular flexibility index (Phi) is 5.33. The quantitative estimate of drug-likeness (QED) is 0.821. The third kappa shape index (κ3) is 3.66. The number of nitrogens with zero attached hydrogens (tertiary/aromatic N) is 1. The fraction of sp³-hybridized carbons (Fsp3) is 0.583. The molecule has 1 fully saturated rings. The number of pyridine rings is 1. The summed E-state index contributed by atoms with van der Waals surface area (Å²) in [7, 11) is -1.89. The van der Waals surface area contributed by atoms with E-state index in [9.17, 15) is 8.42 Å². The van der Waals surface area contributed by atoms with Gasteiger partial charge in [-0.1, -0.05) is 0 Å². The van der Waals surface area contributed by atoms with Crippen molar-refractivity contribution in [1.29, 1.82) is 0 Å². The van der Waals surface area contributed by atoms with Crippen LogP contribution in [0.4, 0.5) is 5.82 Å². The first kappa shape index (κ1) is 16.1. The second-order valence-corrected chi connectivity index (χ2v) is 8.48. The number of aromatic nitrogens is 1. The topological polar surface area (TPSA) is 71.1 Å². The molecule has 0 radical (unpaired) electrons. The van der Waals surface area contributed by atoms with Gasteiger partial charge < -0.3 is 5.32 Å². The van der Waals surface area contributed by atoms with Crippen molar-refractivity contribution >= 4 is 43.5 Å². The van der Waals surface area contributed by atoms with E-state index in [1.165, 1.54) is 0 Å². The smallest absolute Gasteiger partial charge is 0.244 e. The van der Waals surface area contributed by atoms with Gasteiger partial charge in [0, 0.05) is 29.0 Å². The molecule has 2 N–H and O–H groups in total. The van der Waals surface area contributed by atoms with Gasteiger partial charge in [0.1, 0.15) is 10.7 Å². The summed E-state index contributed by atoms with van der Waals surface area (Å²) < 4.78 is 28.4. The van der Waals surface area contributed by atoms with Crippen LogP contribution in [-0.2, 0) is 10.0 Å². The molecule has 1 aromatic rings. The lowest BCUT2D eigenvalue weighted by Crippen LogP contribution is -2.33. The molecule has 1 heterocycles. The summed E-state index contributed by atoms with van der Waals surface area (Å²) in [6.45, 7) is 0. The first-order chi connectivity index (χ1) is 9.46. The summed E-state index contributed by atoms with van der Waals surface area (Å²) in [5.74, 6) is 0.361. The van der Waals surface area contributed by atoms with Crippen molar-refractivity contribution in [2.75, 3.05) is 18.6 Å². The molecule has 0 spiro atoms. The van der Waals surface area contributed by atoms with E-state index in [2.05, 4.69) is 37.2 Å². The molecule has 1 aliphatic rings. The summed E-state index contributed by atoms with van der Waals surface area (Å²) >= 11 is 5.07. The Hall–Kier alpha value is -0.310. The number of halogens is 1. The van der Waals surface area contributed by atoms with Crippen LogP contribution in [0.3, 0.4) is 0 Å². The summed E-state index contributed by atoms with van der Waals surface area (Å²) in [5, 5.41) is 3.37. The third-order valence-corrected chi connectivity index (χ3v) is 6.45. The van der Waals surface area contributed by atoms with Crippen LogP contribution in [0.1, 0.15) is 19.3 Å². The molecule has 0 saturated heterocycles. The monoisotopic (exact) mass is 379 g/mol. The Bertz CT molecular complexity index is 580. The number of anilines is 1. The number of hydrogen-bond donors (Lipinski definition) is 2. The molecule has 5 nitrogen and oxygen atoms in total. The number of sulfonamides is 1. The Morgan fingerprint density at radius 2 is 2.20 bits per heavy atom. The van der Waals surface area contributed by atoms with Crippen molar-refractivity contribution in [3.63, 3.8) is 0 Å². The fourth-order valence-corrected chi connectivity index (χ4v) is 5.11. The number of rotatable bonds is 5. The Labute approximate surface area is 132 Å². The molecule has 2 rings (SSSR count). The summed E-state index contributed by atoms with van der Waals surface area (Å²) in [5.41, 5.74) is 0. The first-order valence-corrected chi connectivity index (χ1v) is 9.91. The van der Waals surface area contributed by atoms with Gasteiger partial charge in [-0.2, -0.15) is 11.8 Å². The van der Waals surface area contributed by atoms with Crippen LogP contribution in [0, 0.1) is 0 Å². The van der Waals surface area contributed by atoms with E-state index in [0.717, 1.165) is 19.3 Å². The zero-order valence-corrected chi connectivity index (χ0v) is 14.6. The van der Waals surface area contributed by atoms with Crippen LogP contribution in [0.15, 0.2) is 21.6 Å². The van der Waals surface area contributed by atoms with E-state index in [1.54, 1.807) is 31.1 Å². The lowest BCUT2D eigenvalue weighted by molar-refractivity contribution is 0.552. The molecule has 1 aliphatic carbocycles. The van der Waals surface area contributed by atoms with Crippen molar-refractivity contribution < 1.29 is 8.42 Å². The highest BCUT2D eigenvalue weighted by Crippen LogP contribution is 2.30. The van der Waals surface area contributed by atoms with Crippen molar-refractivity contribution in [2.24, 2.45) is 0 Å². The van der Waals surface area contributed by atoms with Crippen LogP contribution in [-0.4, -0.2) is 38.0 Å². The lowest BCUT2D eigenvalue weighted by atomic mass is 10.3. The molecule has 0 bridgehead atoms. The molecule has 0 aliphatic heterocycles. The van der Waals surface area contributed by atoms with Crippen LogP contribution >= 0.6 is 27.7 Å². The van der Waals surface area contributed by atoms with E-state index in [1.807, 2.05) is 0 Å². The molecule has 1 aromatic heterocycles. The van der Waals surface area contributed by atoms with Gasteiger partial charge in [-0.25, -0.2) is 18.1 Å². The average Bonchev–Trinajstić information content (AvgIpc) is 2.85. The number of hydrogen-bond acceptors (Lipinski definition) is 5. The molecule has 2 unspecified atom stereocenters. The van der Waals surface area contributed by atoms with Gasteiger partial charge >= 0.3 is 0 Å². The minimum atomic E-state index is -3.55. The van der Waals surface area contributed by atoms with Crippen molar-refractivity contribution in [1.82, 2.24) is 9.71 Å². The van der Waals surface area contributed by atoms with Gasteiger partial charge in [0.05, 0.1) is 0 Å². The maximum atomic E-state index is 12.5. The van der Waals surface area contributed by atoms with Gasteiger partial charge in [-0.05, 0) is 47.5 Å². The maximum Gasteiger partial charge on any atom is 0.244 e. The largest absolute Gasteiger partial charge is 0.372 e. The molecule has 8 heteroatoms. The first-order valence-electron chi connectivity index (χ1n) is 6.34. The molecular formula is C12H18BrN3O2S2. The van der Waals surface area contributed by atoms with E-state index in [-0.39, 0.29) is 10.9 Å². The van der Waals surface area contributed by atoms with E-state index >= 15 is 0 Å². The minimum Gasteiger partial charge on any atom is -0.372 e. The number of thioether (sulfide) groups is 1. The zero-order chi connectivity index (χ0) is 14.8. The van der Waals surface area contributed by atoms with E-state index in [0.29, 0.717) is 15.5 Å². The van der Waals surface area contributed by atoms with E-state index in [4.69, 9.17) is 0 Å². The zero-order valence-electron chi connectivity index (χ0n) is 11.4. The van der Waals surface area contributed by atoms with Crippen molar-refractivity contribution in [2.45, 2.75) is 35.4 Å². The van der Waals surface area contributed by atoms with Crippen LogP contribution in [0.25, 0.3) is 0 Å². The average molecular weight is 380 g/mol. The second-order valence-electron chi connectivity index (χ2n) is 4.74. The van der Waals surface area contributed by atoms with Crippen molar-refractivity contribution in [3.8, 4) is 0 Å². The molecule has 2 atom stereocenters. The highest BCUT2D eigenvalue weighted by molar-refractivity contribution is 9.10. The highest BCUT2D eigenvalue weighted by atomic mass is 79.9. The Morgan fingerprint density at radius 1 is 1.45 bits per heavy atom. The molecule has 20 heavy (non-hydrogen) atoms. The summed E-state index contributed by atoms with van der Waals surface area (Å²) in [4.78, 5) is 4.27. The predicted octanol–water partition coefficient (Wildman–Crippen LogP) is 2.45. The lowest BCUT2D eigenvalue weighted by Gasteiger charge is -2.15. The molecule has 1 saturated carbocycles. The minimum absolute atomic E-state index is 0.0149. The predicted molar refractivity (Wildman–Crippen MR) is 86.7 cm³/mol. The third-order valence-electron chi connectivity index (χ3n) is 3.39. The molecule has 0 aromatic carbocycles. The Balaban J connectivity index is 2.20. The molecular weight excluding hydrogens is 362 g/mol. The molecule has 0 amide bonds. The highest BCUT2D eigenvalue weighted by Gasteiger charge is 2.29. The Morgan fingerprint density at radius 3 is 2.80 bits per heavy atom. The van der Waals surface area contributed by atoms with Crippen LogP contribution < -0.4 is 10.0 Å². The van der Waals surface area contributed by atoms with Gasteiger partial charge in [-0.3, -0.25) is 0 Å². The normalized spacial score (nSPS) is 22.9. The van der Waals surface area contributed by atoms with Gasteiger partial charge in [0.15, 0.2) is 0 Å².